The molecule has 2 saturated carbocycles. The van der Waals surface area contributed by atoms with Crippen molar-refractivity contribution in [2.24, 2.45) is 11.8 Å². The number of hydrogen-bond donors (Lipinski definition) is 4. The Hall–Kier alpha value is -7.88. The van der Waals surface area contributed by atoms with Gasteiger partial charge in [-0.2, -0.15) is 0 Å². The lowest BCUT2D eigenvalue weighted by Crippen LogP contribution is -2.43. The standard InChI is InChI=1S/C54H48N8O4/c63-51(39-25-26-39)59-47(37-14-3-1-4-15-37)53(65)61-31-11-23-45(61)49-55-33-41(57-49)20-8-7-13-35-18-9-22-44-36(19-10-21-43(35)44)29-30-42-34-56-50(58-42)46-24-12-32-62(46)54(66)48(38-16-5-2-6-17-38)60-52(64)40-27-28-40/h1-6,9-10,14-19,21-22,33-34,39-40,45-48H,11-12,23-28,31-32H2,(H,55,57)(H,56,58)(H,59,63)(H,60,64)/t45-,46-,47-,48-/m1/s1. The molecule has 2 saturated heterocycles. The minimum atomic E-state index is -0.757. The van der Waals surface area contributed by atoms with Gasteiger partial charge in [0.1, 0.15) is 35.1 Å². The van der Waals surface area contributed by atoms with E-state index in [0.29, 0.717) is 36.1 Å². The van der Waals surface area contributed by atoms with Crippen LogP contribution in [-0.2, 0) is 19.2 Å². The second-order valence-corrected chi connectivity index (χ2v) is 17.5. The van der Waals surface area contributed by atoms with Gasteiger partial charge in [-0.3, -0.25) is 19.2 Å². The van der Waals surface area contributed by atoms with Gasteiger partial charge < -0.3 is 30.4 Å². The average Bonchev–Trinajstić information content (AvgIpc) is 4.13. The molecule has 0 bridgehead atoms. The van der Waals surface area contributed by atoms with Crippen LogP contribution in [0.4, 0.5) is 0 Å². The van der Waals surface area contributed by atoms with Crippen LogP contribution >= 0.6 is 0 Å². The summed E-state index contributed by atoms with van der Waals surface area (Å²) in [4.78, 5) is 73.4. The van der Waals surface area contributed by atoms with Gasteiger partial charge in [-0.25, -0.2) is 9.97 Å². The molecule has 4 amide bonds. The summed E-state index contributed by atoms with van der Waals surface area (Å²) in [6.07, 6.45) is 9.97. The zero-order valence-corrected chi connectivity index (χ0v) is 36.3. The van der Waals surface area contributed by atoms with Crippen LogP contribution in [0, 0.1) is 47.4 Å². The van der Waals surface area contributed by atoms with Crippen molar-refractivity contribution >= 4 is 34.4 Å². The molecule has 12 heteroatoms. The Bertz CT molecular complexity index is 3010. The number of nitrogens with zero attached hydrogens (tertiary/aromatic N) is 4. The molecule has 0 radical (unpaired) electrons. The monoisotopic (exact) mass is 872 g/mol. The highest BCUT2D eigenvalue weighted by molar-refractivity contribution is 5.93. The third-order valence-electron chi connectivity index (χ3n) is 12.8. The van der Waals surface area contributed by atoms with Crippen LogP contribution in [-0.4, -0.2) is 66.5 Å². The third-order valence-corrected chi connectivity index (χ3v) is 12.8. The summed E-state index contributed by atoms with van der Waals surface area (Å²) in [5.41, 5.74) is 4.41. The highest BCUT2D eigenvalue weighted by Gasteiger charge is 2.40. The van der Waals surface area contributed by atoms with Gasteiger partial charge in [-0.15, -0.1) is 0 Å². The van der Waals surface area contributed by atoms with Crippen molar-refractivity contribution < 1.29 is 19.2 Å². The summed E-state index contributed by atoms with van der Waals surface area (Å²) in [6, 6.07) is 28.7. The fourth-order valence-electron chi connectivity index (χ4n) is 9.04. The summed E-state index contributed by atoms with van der Waals surface area (Å²) in [6.45, 7) is 1.15. The highest BCUT2D eigenvalue weighted by Crippen LogP contribution is 2.36. The molecule has 4 aromatic carbocycles. The molecule has 4 fully saturated rings. The normalized spacial score (nSPS) is 18.5. The first-order valence-corrected chi connectivity index (χ1v) is 22.8. The molecule has 328 valence electrons. The number of benzene rings is 4. The Kier molecular flexibility index (Phi) is 11.9. The van der Waals surface area contributed by atoms with E-state index in [0.717, 1.165) is 84.4 Å². The number of carbonyl (C=O) groups excluding carboxylic acids is 4. The van der Waals surface area contributed by atoms with Gasteiger partial charge in [-0.05, 0) is 109 Å². The molecule has 4 N–H and O–H groups in total. The second kappa shape index (κ2) is 18.7. The first-order valence-electron chi connectivity index (χ1n) is 22.8. The van der Waals surface area contributed by atoms with Crippen LogP contribution in [0.1, 0.15) is 121 Å². The molecule has 4 heterocycles. The molecule has 66 heavy (non-hydrogen) atoms. The number of hydrogen-bond acceptors (Lipinski definition) is 6. The Morgan fingerprint density at radius 2 is 0.985 bits per heavy atom. The lowest BCUT2D eigenvalue weighted by atomic mass is 10.0. The maximum atomic E-state index is 14.1. The molecule has 4 aliphatic rings. The number of aromatic amines is 2. The van der Waals surface area contributed by atoms with Crippen molar-refractivity contribution in [1.29, 1.82) is 0 Å². The van der Waals surface area contributed by atoms with E-state index in [9.17, 15) is 19.2 Å². The second-order valence-electron chi connectivity index (χ2n) is 17.5. The Labute approximate surface area is 383 Å². The number of imidazole rings is 2. The minimum Gasteiger partial charge on any atom is -0.340 e. The summed E-state index contributed by atoms with van der Waals surface area (Å²) < 4.78 is 0. The number of nitrogens with one attached hydrogen (secondary N) is 4. The number of rotatable bonds is 10. The number of H-pyrrole nitrogens is 2. The molecule has 10 rings (SSSR count). The lowest BCUT2D eigenvalue weighted by Gasteiger charge is -2.28. The smallest absolute Gasteiger partial charge is 0.250 e. The molecule has 2 aliphatic heterocycles. The largest absolute Gasteiger partial charge is 0.340 e. The predicted octanol–water partition coefficient (Wildman–Crippen LogP) is 6.95. The van der Waals surface area contributed by atoms with Crippen LogP contribution in [0.5, 0.6) is 0 Å². The molecule has 2 aliphatic carbocycles. The number of aromatic nitrogens is 4. The van der Waals surface area contributed by atoms with Crippen LogP contribution < -0.4 is 10.6 Å². The molecular formula is C54H48N8O4. The van der Waals surface area contributed by atoms with Crippen molar-refractivity contribution in [3.8, 4) is 35.5 Å². The van der Waals surface area contributed by atoms with Crippen molar-refractivity contribution in [2.75, 3.05) is 13.1 Å². The van der Waals surface area contributed by atoms with Crippen LogP contribution in [0.15, 0.2) is 109 Å². The van der Waals surface area contributed by atoms with Gasteiger partial charge in [0, 0.05) is 36.1 Å². The van der Waals surface area contributed by atoms with E-state index in [1.54, 1.807) is 12.4 Å². The Morgan fingerprint density at radius 1 is 0.530 bits per heavy atom. The van der Waals surface area contributed by atoms with Crippen molar-refractivity contribution in [3.63, 3.8) is 0 Å². The average molecular weight is 873 g/mol. The topological polar surface area (TPSA) is 156 Å². The number of amides is 4. The van der Waals surface area contributed by atoms with Gasteiger partial charge in [0.25, 0.3) is 0 Å². The number of fused-ring (bicyclic) bond motifs is 1. The molecule has 0 unspecified atom stereocenters. The fourth-order valence-corrected chi connectivity index (χ4v) is 9.04. The number of likely N-dealkylation sites (tertiary alicyclic amines) is 2. The van der Waals surface area contributed by atoms with Gasteiger partial charge in [0.15, 0.2) is 0 Å². The first-order chi connectivity index (χ1) is 32.4. The first kappa shape index (κ1) is 42.1. The van der Waals surface area contributed by atoms with Crippen LogP contribution in [0.25, 0.3) is 10.8 Å². The Morgan fingerprint density at radius 3 is 1.47 bits per heavy atom. The summed E-state index contributed by atoms with van der Waals surface area (Å²) in [5.74, 6) is 19.7. The van der Waals surface area contributed by atoms with E-state index < -0.39 is 12.1 Å². The summed E-state index contributed by atoms with van der Waals surface area (Å²) in [5, 5.41) is 7.96. The highest BCUT2D eigenvalue weighted by atomic mass is 16.2. The molecule has 2 aromatic heterocycles. The van der Waals surface area contributed by atoms with Crippen molar-refractivity contribution in [2.45, 2.75) is 75.5 Å². The summed E-state index contributed by atoms with van der Waals surface area (Å²) in [7, 11) is 0. The SMILES string of the molecule is O=C(N[C@@H](C(=O)N1CCC[C@@H]1c1ncc(C#CC#Cc2cccc3c(C#Cc4cnc([C@H]5CCCN5C(=O)[C@H](NC(=O)C5CC5)c5ccccc5)[nH]4)cccc23)[nH]1)c1ccccc1)C1CC1. The molecule has 4 atom stereocenters. The van der Waals surface area contributed by atoms with Gasteiger partial charge in [-0.1, -0.05) is 96.8 Å². The molecular weight excluding hydrogens is 825 g/mol. The molecule has 12 nitrogen and oxygen atoms in total. The maximum Gasteiger partial charge on any atom is 0.250 e. The van der Waals surface area contributed by atoms with E-state index in [4.69, 9.17) is 0 Å². The van der Waals surface area contributed by atoms with E-state index >= 15 is 0 Å². The van der Waals surface area contributed by atoms with Crippen molar-refractivity contribution in [1.82, 2.24) is 40.4 Å². The quantitative estimate of drug-likeness (QED) is 0.109. The Balaban J connectivity index is 0.812. The van der Waals surface area contributed by atoms with E-state index in [2.05, 4.69) is 66.1 Å². The molecule has 6 aromatic rings. The fraction of sp³-hybridized carbons (Fsp3) is 0.296. The number of carbonyl (C=O) groups is 4. The zero-order chi connectivity index (χ0) is 45.0. The van der Waals surface area contributed by atoms with Gasteiger partial charge in [0.05, 0.1) is 24.5 Å². The van der Waals surface area contributed by atoms with Crippen LogP contribution in [0.2, 0.25) is 0 Å². The zero-order valence-electron chi connectivity index (χ0n) is 36.3. The maximum absolute atomic E-state index is 14.1. The minimum absolute atomic E-state index is 0.0146. The molecule has 0 spiro atoms. The summed E-state index contributed by atoms with van der Waals surface area (Å²) >= 11 is 0. The van der Waals surface area contributed by atoms with E-state index in [-0.39, 0.29) is 47.5 Å². The van der Waals surface area contributed by atoms with Gasteiger partial charge in [0.2, 0.25) is 23.6 Å². The van der Waals surface area contributed by atoms with E-state index in [1.807, 2.05) is 107 Å². The predicted molar refractivity (Wildman–Crippen MR) is 248 cm³/mol. The van der Waals surface area contributed by atoms with Crippen molar-refractivity contribution in [3.05, 3.63) is 155 Å². The lowest BCUT2D eigenvalue weighted by molar-refractivity contribution is -0.138. The third kappa shape index (κ3) is 9.20. The van der Waals surface area contributed by atoms with Crippen LogP contribution in [0.3, 0.4) is 0 Å². The van der Waals surface area contributed by atoms with E-state index in [1.165, 1.54) is 0 Å². The van der Waals surface area contributed by atoms with Gasteiger partial charge >= 0.3 is 0 Å².